The van der Waals surface area contributed by atoms with Gasteiger partial charge in [0, 0.05) is 12.8 Å². The number of carbonyl (C=O) groups is 2. The molecule has 0 N–H and O–H groups in total. The molecule has 0 spiro atoms. The van der Waals surface area contributed by atoms with Gasteiger partial charge in [0.15, 0.2) is 6.10 Å². The van der Waals surface area contributed by atoms with Gasteiger partial charge in [0.2, 0.25) is 0 Å². The van der Waals surface area contributed by atoms with Crippen molar-refractivity contribution in [1.29, 1.82) is 0 Å². The molecule has 0 aromatic carbocycles. The van der Waals surface area contributed by atoms with E-state index in [0.717, 1.165) is 103 Å². The third-order valence-corrected chi connectivity index (χ3v) is 15.8. The highest BCUT2D eigenvalue weighted by Crippen LogP contribution is 2.38. The van der Waals surface area contributed by atoms with Crippen LogP contribution in [0, 0.1) is 0 Å². The highest BCUT2D eigenvalue weighted by molar-refractivity contribution is 7.45. The van der Waals surface area contributed by atoms with Crippen molar-refractivity contribution in [3.8, 4) is 0 Å². The van der Waals surface area contributed by atoms with Crippen molar-refractivity contribution in [1.82, 2.24) is 0 Å². The van der Waals surface area contributed by atoms with Crippen molar-refractivity contribution in [2.75, 3.05) is 47.5 Å². The molecule has 10 heteroatoms. The fraction of sp³-hybridized carbons (Fsp3) is 0.730. The average Bonchev–Trinajstić information content (AvgIpc) is 3.61. The Bertz CT molecular complexity index is 1790. The van der Waals surface area contributed by atoms with E-state index in [-0.39, 0.29) is 32.0 Å². The fourth-order valence-electron chi connectivity index (χ4n) is 9.53. The minimum absolute atomic E-state index is 0.0337. The largest absolute Gasteiger partial charge is 0.756 e. The van der Waals surface area contributed by atoms with Crippen LogP contribution in [0.3, 0.4) is 0 Å². The summed E-state index contributed by atoms with van der Waals surface area (Å²) in [5.41, 5.74) is 0. The van der Waals surface area contributed by atoms with E-state index in [0.29, 0.717) is 17.4 Å². The lowest BCUT2D eigenvalue weighted by Crippen LogP contribution is -2.37. The van der Waals surface area contributed by atoms with E-state index < -0.39 is 26.5 Å². The van der Waals surface area contributed by atoms with Gasteiger partial charge in [-0.2, -0.15) is 0 Å². The van der Waals surface area contributed by atoms with Crippen LogP contribution in [-0.4, -0.2) is 70.0 Å². The normalized spacial score (nSPS) is 13.8. The van der Waals surface area contributed by atoms with E-state index in [9.17, 15) is 19.0 Å². The molecule has 0 aromatic rings. The second-order valence-corrected chi connectivity index (χ2v) is 25.6. The standard InChI is InChI=1S/C74H130NO8P/c1-6-8-10-12-14-16-18-20-22-24-26-28-29-30-31-32-33-34-35-36-37-38-39-40-41-42-43-44-45-47-49-51-53-55-57-59-61-63-65-67-74(77)83-72(71-82-84(78,79)81-69-68-75(3,4)5)70-80-73(76)66-64-62-60-58-56-54-52-50-48-46-27-25-23-21-19-17-15-13-11-9-7-2/h8,10,14,16,20,22,26,28,30-31,33-34,36-37,39-40,42-43,72H,6-7,9,11-13,15,17-19,21,23-25,27,29,32,35,38,41,44-71H2,1-5H3/b10-8-,16-14-,22-20-,28-26-,31-30-,34-33-,37-36-,40-39-,43-42-. The molecule has 9 nitrogen and oxygen atoms in total. The van der Waals surface area contributed by atoms with E-state index in [4.69, 9.17) is 18.5 Å². The number of hydrogen-bond donors (Lipinski definition) is 0. The van der Waals surface area contributed by atoms with Gasteiger partial charge in [-0.25, -0.2) is 0 Å². The Morgan fingerprint density at radius 3 is 1.01 bits per heavy atom. The van der Waals surface area contributed by atoms with Gasteiger partial charge in [-0.05, 0) is 83.5 Å². The second-order valence-electron chi connectivity index (χ2n) is 24.2. The lowest BCUT2D eigenvalue weighted by molar-refractivity contribution is -0.870. The summed E-state index contributed by atoms with van der Waals surface area (Å²) in [5, 5.41) is 0. The monoisotopic (exact) mass is 1190 g/mol. The summed E-state index contributed by atoms with van der Waals surface area (Å²) in [4.78, 5) is 38.0. The smallest absolute Gasteiger partial charge is 0.306 e. The molecule has 0 radical (unpaired) electrons. The van der Waals surface area contributed by atoms with Crippen LogP contribution in [0.2, 0.25) is 0 Å². The average molecular weight is 1190 g/mol. The minimum Gasteiger partial charge on any atom is -0.756 e. The van der Waals surface area contributed by atoms with Gasteiger partial charge in [-0.1, -0.05) is 309 Å². The maximum absolute atomic E-state index is 12.9. The number of phosphoric ester groups is 1. The van der Waals surface area contributed by atoms with Crippen LogP contribution in [0.4, 0.5) is 0 Å². The van der Waals surface area contributed by atoms with E-state index in [1.54, 1.807) is 0 Å². The lowest BCUT2D eigenvalue weighted by Gasteiger charge is -2.28. The molecule has 84 heavy (non-hydrogen) atoms. The molecule has 0 bridgehead atoms. The van der Waals surface area contributed by atoms with Gasteiger partial charge in [0.1, 0.15) is 19.8 Å². The summed E-state index contributed by atoms with van der Waals surface area (Å²) >= 11 is 0. The van der Waals surface area contributed by atoms with Gasteiger partial charge in [-0.15, -0.1) is 0 Å². The zero-order valence-electron chi connectivity index (χ0n) is 55.1. The first-order chi connectivity index (χ1) is 41.0. The number of phosphoric acid groups is 1. The quantitative estimate of drug-likeness (QED) is 0.0195. The summed E-state index contributed by atoms with van der Waals surface area (Å²) < 4.78 is 34.3. The number of hydrogen-bond acceptors (Lipinski definition) is 8. The number of esters is 2. The molecule has 2 atom stereocenters. The number of carbonyl (C=O) groups excluding carboxylic acids is 2. The van der Waals surface area contributed by atoms with E-state index in [1.165, 1.54) is 161 Å². The molecule has 484 valence electrons. The van der Waals surface area contributed by atoms with Crippen LogP contribution < -0.4 is 4.89 Å². The Hall–Kier alpha value is -3.33. The topological polar surface area (TPSA) is 111 Å². The van der Waals surface area contributed by atoms with Crippen molar-refractivity contribution in [2.24, 2.45) is 0 Å². The third kappa shape index (κ3) is 67.8. The van der Waals surface area contributed by atoms with E-state index in [2.05, 4.69) is 123 Å². The van der Waals surface area contributed by atoms with Crippen molar-refractivity contribution in [2.45, 2.75) is 302 Å². The Labute approximate surface area is 518 Å². The van der Waals surface area contributed by atoms with E-state index >= 15 is 0 Å². The molecule has 0 rings (SSSR count). The van der Waals surface area contributed by atoms with E-state index in [1.807, 2.05) is 21.1 Å². The predicted molar refractivity (Wildman–Crippen MR) is 360 cm³/mol. The van der Waals surface area contributed by atoms with Crippen LogP contribution >= 0.6 is 7.82 Å². The van der Waals surface area contributed by atoms with Crippen LogP contribution in [0.15, 0.2) is 109 Å². The third-order valence-electron chi connectivity index (χ3n) is 14.8. The molecule has 2 unspecified atom stereocenters. The summed E-state index contributed by atoms with van der Waals surface area (Å²) in [6, 6.07) is 0. The molecular weight excluding hydrogens is 1060 g/mol. The number of likely N-dealkylation sites (N-methyl/N-ethyl adjacent to an activating group) is 1. The predicted octanol–water partition coefficient (Wildman–Crippen LogP) is 21.9. The van der Waals surface area contributed by atoms with Crippen molar-refractivity contribution < 1.29 is 42.1 Å². The van der Waals surface area contributed by atoms with Gasteiger partial charge >= 0.3 is 11.9 Å². The van der Waals surface area contributed by atoms with Crippen LogP contribution in [-0.2, 0) is 32.7 Å². The number of rotatable bonds is 63. The Morgan fingerprint density at radius 1 is 0.381 bits per heavy atom. The molecule has 0 saturated heterocycles. The Balaban J connectivity index is 4.06. The number of quaternary nitrogens is 1. The van der Waals surface area contributed by atoms with Crippen molar-refractivity contribution in [3.63, 3.8) is 0 Å². The molecule has 0 aliphatic carbocycles. The van der Waals surface area contributed by atoms with Crippen LogP contribution in [0.25, 0.3) is 0 Å². The molecule has 0 heterocycles. The molecule has 0 aromatic heterocycles. The molecule has 0 saturated carbocycles. The minimum atomic E-state index is -4.64. The van der Waals surface area contributed by atoms with Gasteiger partial charge in [0.05, 0.1) is 27.7 Å². The number of nitrogens with zero attached hydrogens (tertiary/aromatic N) is 1. The van der Waals surface area contributed by atoms with Gasteiger partial charge < -0.3 is 27.9 Å². The number of ether oxygens (including phenoxy) is 2. The fourth-order valence-corrected chi connectivity index (χ4v) is 10.3. The lowest BCUT2D eigenvalue weighted by atomic mass is 10.0. The zero-order valence-corrected chi connectivity index (χ0v) is 56.0. The molecule has 0 amide bonds. The summed E-state index contributed by atoms with van der Waals surface area (Å²) in [6.45, 7) is 4.15. The highest BCUT2D eigenvalue weighted by Gasteiger charge is 2.22. The van der Waals surface area contributed by atoms with Gasteiger partial charge in [0.25, 0.3) is 7.82 Å². The molecule has 0 aliphatic rings. The molecule has 0 aliphatic heterocycles. The highest BCUT2D eigenvalue weighted by atomic mass is 31.2. The summed E-state index contributed by atoms with van der Waals surface area (Å²) in [5.74, 6) is -0.829. The maximum atomic E-state index is 12.9. The molecular formula is C74H130NO8P. The molecule has 0 fully saturated rings. The second kappa shape index (κ2) is 64.2. The number of allylic oxidation sites excluding steroid dienone is 18. The Morgan fingerprint density at radius 2 is 0.679 bits per heavy atom. The first-order valence-electron chi connectivity index (χ1n) is 34.6. The van der Waals surface area contributed by atoms with Crippen molar-refractivity contribution >= 4 is 19.8 Å². The zero-order chi connectivity index (χ0) is 61.2. The summed E-state index contributed by atoms with van der Waals surface area (Å²) in [6.07, 6.45) is 90.2. The maximum Gasteiger partial charge on any atom is 0.306 e. The van der Waals surface area contributed by atoms with Crippen molar-refractivity contribution in [3.05, 3.63) is 109 Å². The van der Waals surface area contributed by atoms with Crippen LogP contribution in [0.5, 0.6) is 0 Å². The Kier molecular flexibility index (Phi) is 61.6. The first-order valence-corrected chi connectivity index (χ1v) is 36.1. The number of unbranched alkanes of at least 4 members (excludes halogenated alkanes) is 31. The SMILES string of the molecule is CC/C=C\C/C=C\C/C=C\C/C=C\C/C=C\C/C=C\C/C=C\C/C=C\C/C=C\CCCCCCCCCCCCCC(=O)OC(COC(=O)CCCCCCCCCCCCCCCCCCCCCCC)COP(=O)([O-])OCC[N+](C)(C)C. The summed E-state index contributed by atoms with van der Waals surface area (Å²) in [7, 11) is 1.16. The van der Waals surface area contributed by atoms with Crippen LogP contribution in [0.1, 0.15) is 296 Å². The first kappa shape index (κ1) is 80.7. The van der Waals surface area contributed by atoms with Gasteiger partial charge in [-0.3, -0.25) is 14.2 Å².